The third-order valence-electron chi connectivity index (χ3n) is 0. The molecule has 0 nitrogen and oxygen atoms in total. The monoisotopic (exact) mass is 126 g/mol. The fourth-order valence-corrected chi connectivity index (χ4v) is 0. The third kappa shape index (κ3) is 30.1. The fraction of sp³-hybridized carbons (Fsp3) is 0. The summed E-state index contributed by atoms with van der Waals surface area (Å²) in [6, 6.07) is 0. The molecule has 0 aromatic rings. The van der Waals surface area contributed by atoms with Crippen LogP contribution in [-0.4, -0.2) is 0 Å². The summed E-state index contributed by atoms with van der Waals surface area (Å²) < 4.78 is 0. The van der Waals surface area contributed by atoms with Crippen molar-refractivity contribution in [2.45, 2.75) is 0 Å². The Morgan fingerprint density at radius 2 is 0.333 bits per heavy atom. The minimum Gasteiger partial charge on any atom is -1.00 e. The van der Waals surface area contributed by atoms with Crippen molar-refractivity contribution in [2.24, 2.45) is 0 Å². The fourth-order valence-electron chi connectivity index (χ4n) is 0. The van der Waals surface area contributed by atoms with Gasteiger partial charge in [0.2, 0.25) is 0 Å². The van der Waals surface area contributed by atoms with Crippen molar-refractivity contribution >= 4 is 0 Å². The standard InChI is InChI=1S/3ClH.3Li/h3*1H;;;/q;;;3*+1/p-3. The Kier molecular flexibility index (Phi) is 574. The molecule has 0 saturated carbocycles. The van der Waals surface area contributed by atoms with Crippen LogP contribution in [0.15, 0.2) is 0 Å². The van der Waals surface area contributed by atoms with Crippen LogP contribution in [0.25, 0.3) is 0 Å². The molecule has 0 unspecified atom stereocenters. The molecule has 24 valence electrons. The molecule has 0 fully saturated rings. The van der Waals surface area contributed by atoms with Gasteiger partial charge < -0.3 is 37.2 Å². The Morgan fingerprint density at radius 3 is 0.333 bits per heavy atom. The molecule has 0 aliphatic heterocycles. The molecule has 0 aromatic heterocycles. The van der Waals surface area contributed by atoms with E-state index in [4.69, 9.17) is 0 Å². The quantitative estimate of drug-likeness (QED) is 0.283. The van der Waals surface area contributed by atoms with Gasteiger partial charge in [-0.15, -0.1) is 0 Å². The van der Waals surface area contributed by atoms with E-state index in [-0.39, 0.29) is 93.8 Å². The Bertz CT molecular complexity index is 6.00. The van der Waals surface area contributed by atoms with E-state index in [1.807, 2.05) is 0 Å². The molecule has 0 bridgehead atoms. The molecule has 0 aliphatic rings. The summed E-state index contributed by atoms with van der Waals surface area (Å²) in [5, 5.41) is 0. The van der Waals surface area contributed by atoms with Gasteiger partial charge in [-0.3, -0.25) is 0 Å². The predicted octanol–water partition coefficient (Wildman–Crippen LogP) is -18.0. The van der Waals surface area contributed by atoms with E-state index in [1.54, 1.807) is 0 Å². The predicted molar refractivity (Wildman–Crippen MR) is 0 cm³/mol. The maximum Gasteiger partial charge on any atom is 1.00 e. The average molecular weight is 127 g/mol. The van der Waals surface area contributed by atoms with Crippen molar-refractivity contribution in [3.8, 4) is 0 Å². The van der Waals surface area contributed by atoms with Crippen LogP contribution in [0.5, 0.6) is 0 Å². The molecule has 0 saturated heterocycles. The second kappa shape index (κ2) is 48.0. The first kappa shape index (κ1) is 71.8. The van der Waals surface area contributed by atoms with Gasteiger partial charge in [0.15, 0.2) is 0 Å². The van der Waals surface area contributed by atoms with Crippen molar-refractivity contribution in [1.82, 2.24) is 0 Å². The Balaban J connectivity index is 0. The van der Waals surface area contributed by atoms with Crippen LogP contribution in [0, 0.1) is 0 Å². The summed E-state index contributed by atoms with van der Waals surface area (Å²) in [7, 11) is 0. The number of rotatable bonds is 0. The molecule has 0 spiro atoms. The van der Waals surface area contributed by atoms with Gasteiger partial charge in [-0.05, 0) is 0 Å². The van der Waals surface area contributed by atoms with Gasteiger partial charge in [0, 0.05) is 0 Å². The first-order chi connectivity index (χ1) is 0. The molecule has 0 aliphatic carbocycles. The molecule has 6 heteroatoms. The van der Waals surface area contributed by atoms with Crippen LogP contribution >= 0.6 is 0 Å². The maximum atomic E-state index is 0. The normalized spacial score (nSPS) is 0. The summed E-state index contributed by atoms with van der Waals surface area (Å²) in [6.45, 7) is 0. The Hall–Kier alpha value is 2.66. The molecular formula is Cl3Li3. The van der Waals surface area contributed by atoms with Crippen LogP contribution in [0.1, 0.15) is 0 Å². The Labute approximate surface area is 92.7 Å². The van der Waals surface area contributed by atoms with Crippen molar-refractivity contribution in [2.75, 3.05) is 0 Å². The zero-order chi connectivity index (χ0) is 0. The summed E-state index contributed by atoms with van der Waals surface area (Å²) in [5.74, 6) is 0. The SMILES string of the molecule is [Cl-].[Cl-].[Cl-].[Li+].[Li+].[Li+]. The van der Waals surface area contributed by atoms with E-state index in [0.717, 1.165) is 0 Å². The van der Waals surface area contributed by atoms with Gasteiger partial charge in [-0.1, -0.05) is 0 Å². The summed E-state index contributed by atoms with van der Waals surface area (Å²) >= 11 is 0. The first-order valence-electron chi connectivity index (χ1n) is 0. The zero-order valence-electron chi connectivity index (χ0n) is 4.13. The number of halogens is 3. The van der Waals surface area contributed by atoms with Gasteiger partial charge in [0.05, 0.1) is 0 Å². The summed E-state index contributed by atoms with van der Waals surface area (Å²) in [5.41, 5.74) is 0. The van der Waals surface area contributed by atoms with E-state index in [0.29, 0.717) is 0 Å². The second-order valence-corrected chi connectivity index (χ2v) is 0. The van der Waals surface area contributed by atoms with Crippen molar-refractivity contribution < 1.29 is 93.8 Å². The average Bonchev–Trinajstić information content (AvgIpc) is 0. The van der Waals surface area contributed by atoms with Crippen molar-refractivity contribution in [3.05, 3.63) is 0 Å². The molecule has 6 heavy (non-hydrogen) atoms. The van der Waals surface area contributed by atoms with E-state index in [1.165, 1.54) is 0 Å². The largest absolute Gasteiger partial charge is 1.00 e. The summed E-state index contributed by atoms with van der Waals surface area (Å²) in [6.07, 6.45) is 0. The zero-order valence-corrected chi connectivity index (χ0v) is 6.40. The van der Waals surface area contributed by atoms with Crippen LogP contribution in [0.2, 0.25) is 0 Å². The van der Waals surface area contributed by atoms with Crippen molar-refractivity contribution in [1.29, 1.82) is 0 Å². The van der Waals surface area contributed by atoms with E-state index in [9.17, 15) is 0 Å². The van der Waals surface area contributed by atoms with Crippen molar-refractivity contribution in [3.63, 3.8) is 0 Å². The molecular weight excluding hydrogens is 127 g/mol. The van der Waals surface area contributed by atoms with Gasteiger partial charge in [-0.2, -0.15) is 0 Å². The molecule has 0 radical (unpaired) electrons. The third-order valence-corrected chi connectivity index (χ3v) is 0. The molecule has 0 atom stereocenters. The Morgan fingerprint density at radius 1 is 0.333 bits per heavy atom. The smallest absolute Gasteiger partial charge is 1.00 e. The van der Waals surface area contributed by atoms with Crippen LogP contribution in [-0.2, 0) is 0 Å². The molecule has 0 heterocycles. The van der Waals surface area contributed by atoms with E-state index < -0.39 is 0 Å². The van der Waals surface area contributed by atoms with Gasteiger partial charge >= 0.3 is 56.6 Å². The van der Waals surface area contributed by atoms with Gasteiger partial charge in [0.1, 0.15) is 0 Å². The molecule has 0 N–H and O–H groups in total. The molecule has 0 amide bonds. The number of hydrogen-bond donors (Lipinski definition) is 0. The van der Waals surface area contributed by atoms with E-state index in [2.05, 4.69) is 0 Å². The maximum absolute atomic E-state index is 0. The minimum absolute atomic E-state index is 0. The van der Waals surface area contributed by atoms with Crippen LogP contribution < -0.4 is 93.8 Å². The molecule has 0 rings (SSSR count). The van der Waals surface area contributed by atoms with Gasteiger partial charge in [-0.25, -0.2) is 0 Å². The van der Waals surface area contributed by atoms with Crippen LogP contribution in [0.4, 0.5) is 0 Å². The van der Waals surface area contributed by atoms with Crippen LogP contribution in [0.3, 0.4) is 0 Å². The van der Waals surface area contributed by atoms with Gasteiger partial charge in [0.25, 0.3) is 0 Å². The summed E-state index contributed by atoms with van der Waals surface area (Å²) in [4.78, 5) is 0. The first-order valence-corrected chi connectivity index (χ1v) is 0. The topological polar surface area (TPSA) is 0 Å². The second-order valence-electron chi connectivity index (χ2n) is 0. The number of hydrogen-bond acceptors (Lipinski definition) is 0. The molecule has 0 aromatic carbocycles. The van der Waals surface area contributed by atoms with E-state index >= 15 is 0 Å². The minimum atomic E-state index is 0.